The highest BCUT2D eigenvalue weighted by molar-refractivity contribution is 5.78. The first kappa shape index (κ1) is 17.7. The van der Waals surface area contributed by atoms with Gasteiger partial charge in [0.05, 0.1) is 11.0 Å². The average Bonchev–Trinajstić information content (AvgIpc) is 3.00. The molecule has 1 aliphatic heterocycles. The van der Waals surface area contributed by atoms with Crippen LogP contribution in [0, 0.1) is 13.8 Å². The van der Waals surface area contributed by atoms with E-state index in [0.29, 0.717) is 19.5 Å². The largest absolute Gasteiger partial charge is 0.352 e. The monoisotopic (exact) mass is 363 g/mol. The Morgan fingerprint density at radius 1 is 1.30 bits per heavy atom. The number of rotatable bonds is 5. The molecule has 1 aliphatic rings. The van der Waals surface area contributed by atoms with E-state index >= 15 is 0 Å². The summed E-state index contributed by atoms with van der Waals surface area (Å²) in [5.74, 6) is 0.992. The van der Waals surface area contributed by atoms with Crippen LogP contribution in [0.1, 0.15) is 34.6 Å². The number of pyridine rings is 1. The summed E-state index contributed by atoms with van der Waals surface area (Å²) in [6, 6.07) is 8.04. The van der Waals surface area contributed by atoms with Crippen LogP contribution in [-0.2, 0) is 30.8 Å². The second-order valence-electron chi connectivity index (χ2n) is 7.08. The molecule has 140 valence electrons. The SMILES string of the molecule is Cc1ncc2c(c1CNC(=O)CCn1c(C)nc3ccccc31)CCNC2. The molecule has 2 aromatic heterocycles. The zero-order chi connectivity index (χ0) is 18.8. The number of aryl methyl sites for hydroxylation is 3. The van der Waals surface area contributed by atoms with Crippen LogP contribution in [0.4, 0.5) is 0 Å². The molecule has 4 rings (SSSR count). The van der Waals surface area contributed by atoms with Gasteiger partial charge >= 0.3 is 0 Å². The highest BCUT2D eigenvalue weighted by Crippen LogP contribution is 2.20. The Morgan fingerprint density at radius 3 is 3.04 bits per heavy atom. The Bertz CT molecular complexity index is 992. The van der Waals surface area contributed by atoms with E-state index in [0.717, 1.165) is 42.1 Å². The molecule has 0 spiro atoms. The first-order valence-electron chi connectivity index (χ1n) is 9.49. The topological polar surface area (TPSA) is 71.8 Å². The number of nitrogens with one attached hydrogen (secondary N) is 2. The van der Waals surface area contributed by atoms with Crippen LogP contribution >= 0.6 is 0 Å². The van der Waals surface area contributed by atoms with Gasteiger partial charge in [-0.15, -0.1) is 0 Å². The van der Waals surface area contributed by atoms with Crippen molar-refractivity contribution in [3.8, 4) is 0 Å². The molecular weight excluding hydrogens is 338 g/mol. The number of nitrogens with zero attached hydrogens (tertiary/aromatic N) is 3. The predicted octanol–water partition coefficient (Wildman–Crippen LogP) is 2.40. The lowest BCUT2D eigenvalue weighted by Crippen LogP contribution is -2.29. The summed E-state index contributed by atoms with van der Waals surface area (Å²) < 4.78 is 2.11. The molecule has 2 N–H and O–H groups in total. The van der Waals surface area contributed by atoms with Crippen LogP contribution in [0.2, 0.25) is 0 Å². The van der Waals surface area contributed by atoms with Gasteiger partial charge in [0.2, 0.25) is 5.91 Å². The van der Waals surface area contributed by atoms with Crippen LogP contribution in [0.15, 0.2) is 30.5 Å². The Kier molecular flexibility index (Phi) is 4.90. The van der Waals surface area contributed by atoms with Gasteiger partial charge in [-0.25, -0.2) is 4.98 Å². The number of hydrogen-bond acceptors (Lipinski definition) is 4. The standard InChI is InChI=1S/C21H25N5O/c1-14-18(17-7-9-22-11-16(17)12-23-14)13-24-21(27)8-10-26-15(2)25-19-5-3-4-6-20(19)26/h3-6,12,22H,7-11,13H2,1-2H3,(H,24,27). The van der Waals surface area contributed by atoms with Gasteiger partial charge in [0.15, 0.2) is 0 Å². The number of hydrogen-bond donors (Lipinski definition) is 2. The van der Waals surface area contributed by atoms with E-state index in [2.05, 4.69) is 25.2 Å². The molecule has 0 fully saturated rings. The van der Waals surface area contributed by atoms with Gasteiger partial charge in [-0.2, -0.15) is 0 Å². The van der Waals surface area contributed by atoms with Crippen molar-refractivity contribution in [3.05, 3.63) is 58.7 Å². The van der Waals surface area contributed by atoms with Crippen molar-refractivity contribution in [2.75, 3.05) is 6.54 Å². The van der Waals surface area contributed by atoms with Gasteiger partial charge in [0.1, 0.15) is 5.82 Å². The number of carbonyl (C=O) groups excluding carboxylic acids is 1. The number of imidazole rings is 1. The number of para-hydroxylation sites is 2. The highest BCUT2D eigenvalue weighted by atomic mass is 16.1. The minimum atomic E-state index is 0.0538. The molecule has 27 heavy (non-hydrogen) atoms. The maximum absolute atomic E-state index is 12.5. The molecule has 0 saturated carbocycles. The van der Waals surface area contributed by atoms with E-state index in [9.17, 15) is 4.79 Å². The van der Waals surface area contributed by atoms with Crippen LogP contribution in [0.5, 0.6) is 0 Å². The van der Waals surface area contributed by atoms with E-state index in [1.165, 1.54) is 16.7 Å². The molecule has 3 aromatic rings. The molecule has 0 saturated heterocycles. The van der Waals surface area contributed by atoms with Crippen molar-refractivity contribution >= 4 is 16.9 Å². The molecule has 0 atom stereocenters. The molecule has 0 bridgehead atoms. The zero-order valence-corrected chi connectivity index (χ0v) is 15.9. The molecule has 1 aromatic carbocycles. The summed E-state index contributed by atoms with van der Waals surface area (Å²) in [4.78, 5) is 21.5. The van der Waals surface area contributed by atoms with Crippen molar-refractivity contribution in [1.82, 2.24) is 25.2 Å². The normalized spacial score (nSPS) is 13.6. The highest BCUT2D eigenvalue weighted by Gasteiger charge is 2.16. The molecule has 0 radical (unpaired) electrons. The summed E-state index contributed by atoms with van der Waals surface area (Å²) >= 11 is 0. The van der Waals surface area contributed by atoms with E-state index in [1.54, 1.807) is 0 Å². The lowest BCUT2D eigenvalue weighted by molar-refractivity contribution is -0.121. The lowest BCUT2D eigenvalue weighted by Gasteiger charge is -2.21. The maximum atomic E-state index is 12.5. The predicted molar refractivity (Wildman–Crippen MR) is 105 cm³/mol. The molecule has 6 heteroatoms. The fourth-order valence-corrected chi connectivity index (χ4v) is 3.84. The van der Waals surface area contributed by atoms with Crippen molar-refractivity contribution in [2.45, 2.75) is 46.3 Å². The van der Waals surface area contributed by atoms with Gasteiger partial charge in [0.25, 0.3) is 0 Å². The van der Waals surface area contributed by atoms with Crippen molar-refractivity contribution < 1.29 is 4.79 Å². The van der Waals surface area contributed by atoms with Gasteiger partial charge < -0.3 is 15.2 Å². The number of carbonyl (C=O) groups is 1. The van der Waals surface area contributed by atoms with Crippen LogP contribution < -0.4 is 10.6 Å². The number of fused-ring (bicyclic) bond motifs is 2. The Morgan fingerprint density at radius 2 is 2.15 bits per heavy atom. The minimum absolute atomic E-state index is 0.0538. The van der Waals surface area contributed by atoms with E-state index in [4.69, 9.17) is 0 Å². The average molecular weight is 363 g/mol. The van der Waals surface area contributed by atoms with Gasteiger partial charge in [-0.05, 0) is 55.6 Å². The third-order valence-electron chi connectivity index (χ3n) is 5.34. The van der Waals surface area contributed by atoms with E-state index in [1.807, 2.05) is 44.3 Å². The molecular formula is C21H25N5O. The summed E-state index contributed by atoms with van der Waals surface area (Å²) in [5.41, 5.74) is 6.82. The van der Waals surface area contributed by atoms with Crippen molar-refractivity contribution in [1.29, 1.82) is 0 Å². The van der Waals surface area contributed by atoms with Crippen LogP contribution in [-0.4, -0.2) is 27.0 Å². The minimum Gasteiger partial charge on any atom is -0.352 e. The summed E-state index contributed by atoms with van der Waals surface area (Å²) in [6.07, 6.45) is 3.38. The third-order valence-corrected chi connectivity index (χ3v) is 5.34. The molecule has 3 heterocycles. The van der Waals surface area contributed by atoms with Crippen molar-refractivity contribution in [2.24, 2.45) is 0 Å². The quantitative estimate of drug-likeness (QED) is 0.730. The second-order valence-corrected chi connectivity index (χ2v) is 7.08. The summed E-state index contributed by atoms with van der Waals surface area (Å²) in [7, 11) is 0. The van der Waals surface area contributed by atoms with Gasteiger partial charge in [-0.1, -0.05) is 12.1 Å². The van der Waals surface area contributed by atoms with Crippen LogP contribution in [0.25, 0.3) is 11.0 Å². The zero-order valence-electron chi connectivity index (χ0n) is 15.9. The Labute approximate surface area is 159 Å². The van der Waals surface area contributed by atoms with Gasteiger partial charge in [0, 0.05) is 37.9 Å². The smallest absolute Gasteiger partial charge is 0.222 e. The lowest BCUT2D eigenvalue weighted by atomic mass is 9.96. The fraction of sp³-hybridized carbons (Fsp3) is 0.381. The number of amides is 1. The van der Waals surface area contributed by atoms with E-state index in [-0.39, 0.29) is 5.91 Å². The van der Waals surface area contributed by atoms with E-state index < -0.39 is 0 Å². The molecule has 0 aliphatic carbocycles. The third kappa shape index (κ3) is 3.57. The first-order valence-corrected chi connectivity index (χ1v) is 9.49. The fourth-order valence-electron chi connectivity index (χ4n) is 3.84. The number of aromatic nitrogens is 3. The Balaban J connectivity index is 1.41. The van der Waals surface area contributed by atoms with Crippen LogP contribution in [0.3, 0.4) is 0 Å². The second kappa shape index (κ2) is 7.48. The molecule has 1 amide bonds. The molecule has 0 unspecified atom stereocenters. The summed E-state index contributed by atoms with van der Waals surface area (Å²) in [6.45, 7) is 7.01. The Hall–Kier alpha value is -2.73. The maximum Gasteiger partial charge on any atom is 0.222 e. The summed E-state index contributed by atoms with van der Waals surface area (Å²) in [5, 5.41) is 6.46. The number of benzene rings is 1. The van der Waals surface area contributed by atoms with Crippen molar-refractivity contribution in [3.63, 3.8) is 0 Å². The van der Waals surface area contributed by atoms with Gasteiger partial charge in [-0.3, -0.25) is 9.78 Å². The first-order chi connectivity index (χ1) is 13.1. The molecule has 6 nitrogen and oxygen atoms in total.